The minimum Gasteiger partial charge on any atom is -0.454 e. The maximum atomic E-state index is 14.1. The fraction of sp³-hybridized carbons (Fsp3) is 0.355. The van der Waals surface area contributed by atoms with Gasteiger partial charge in [0.25, 0.3) is 0 Å². The van der Waals surface area contributed by atoms with E-state index < -0.39 is 28.5 Å². The fourth-order valence-corrected chi connectivity index (χ4v) is 5.56. The summed E-state index contributed by atoms with van der Waals surface area (Å²) in [5, 5.41) is 2.98. The Morgan fingerprint density at radius 2 is 1.68 bits per heavy atom. The molecule has 0 fully saturated rings. The molecule has 3 aromatic rings. The number of sulfonamides is 1. The molecule has 9 nitrogen and oxygen atoms in total. The van der Waals surface area contributed by atoms with E-state index in [2.05, 4.69) is 5.32 Å². The zero-order valence-electron chi connectivity index (χ0n) is 23.7. The van der Waals surface area contributed by atoms with E-state index in [9.17, 15) is 18.0 Å². The van der Waals surface area contributed by atoms with Crippen LogP contribution in [0.3, 0.4) is 0 Å². The number of nitrogens with zero attached hydrogens (tertiary/aromatic N) is 2. The summed E-state index contributed by atoms with van der Waals surface area (Å²) in [6, 6.07) is 21.1. The molecule has 0 aliphatic carbocycles. The van der Waals surface area contributed by atoms with Gasteiger partial charge in [-0.25, -0.2) is 8.42 Å². The molecule has 2 amide bonds. The number of carbonyl (C=O) groups is 2. The Kier molecular flexibility index (Phi) is 9.88. The van der Waals surface area contributed by atoms with Crippen molar-refractivity contribution in [3.8, 4) is 11.5 Å². The Morgan fingerprint density at radius 3 is 2.39 bits per heavy atom. The lowest BCUT2D eigenvalue weighted by Gasteiger charge is -2.33. The third-order valence-electron chi connectivity index (χ3n) is 6.86. The zero-order valence-corrected chi connectivity index (χ0v) is 24.5. The van der Waals surface area contributed by atoms with Crippen LogP contribution in [0.4, 0.5) is 5.69 Å². The minimum atomic E-state index is -3.88. The number of ether oxygens (including phenoxy) is 2. The van der Waals surface area contributed by atoms with E-state index in [1.807, 2.05) is 68.4 Å². The molecule has 3 aromatic carbocycles. The molecule has 0 bridgehead atoms. The van der Waals surface area contributed by atoms with Gasteiger partial charge in [0.1, 0.15) is 12.6 Å². The highest BCUT2D eigenvalue weighted by molar-refractivity contribution is 7.92. The third kappa shape index (κ3) is 8.00. The number of hydrogen-bond acceptors (Lipinski definition) is 6. The van der Waals surface area contributed by atoms with Crippen molar-refractivity contribution in [2.45, 2.75) is 45.7 Å². The van der Waals surface area contributed by atoms with Crippen molar-refractivity contribution in [2.75, 3.05) is 30.4 Å². The molecule has 218 valence electrons. The standard InChI is InChI=1S/C31H37N3O6S/c1-4-5-16-32-31(36)27(18-24-11-7-6-8-12-24)33(20-25-13-9-10-23(2)17-25)30(35)21-34(41(3,37)38)26-14-15-28-29(19-26)40-22-39-28/h6-15,17,19,27H,4-5,16,18,20-22H2,1-3H3,(H,32,36). The second-order valence-electron chi connectivity index (χ2n) is 10.2. The van der Waals surface area contributed by atoms with Crippen molar-refractivity contribution in [3.05, 3.63) is 89.5 Å². The Morgan fingerprint density at radius 1 is 0.951 bits per heavy atom. The molecule has 41 heavy (non-hydrogen) atoms. The summed E-state index contributed by atoms with van der Waals surface area (Å²) in [6.07, 6.45) is 3.05. The Balaban J connectivity index is 1.71. The molecule has 0 saturated heterocycles. The van der Waals surface area contributed by atoms with Crippen LogP contribution in [0, 0.1) is 6.92 Å². The predicted molar refractivity (Wildman–Crippen MR) is 158 cm³/mol. The van der Waals surface area contributed by atoms with Gasteiger partial charge in [-0.1, -0.05) is 73.5 Å². The van der Waals surface area contributed by atoms with Crippen molar-refractivity contribution in [3.63, 3.8) is 0 Å². The highest BCUT2D eigenvalue weighted by atomic mass is 32.2. The lowest BCUT2D eigenvalue weighted by molar-refractivity contribution is -0.140. The number of hydrogen-bond donors (Lipinski definition) is 1. The van der Waals surface area contributed by atoms with Crippen LogP contribution in [-0.4, -0.2) is 57.3 Å². The first kappa shape index (κ1) is 29.9. The lowest BCUT2D eigenvalue weighted by atomic mass is 10.0. The minimum absolute atomic E-state index is 0.0369. The number of anilines is 1. The summed E-state index contributed by atoms with van der Waals surface area (Å²) in [5.41, 5.74) is 3.01. The van der Waals surface area contributed by atoms with Crippen molar-refractivity contribution in [2.24, 2.45) is 0 Å². The second kappa shape index (κ2) is 13.5. The van der Waals surface area contributed by atoms with E-state index in [1.165, 1.54) is 4.90 Å². The normalized spacial score (nSPS) is 13.0. The summed E-state index contributed by atoms with van der Waals surface area (Å²) in [6.45, 7) is 4.17. The van der Waals surface area contributed by atoms with E-state index >= 15 is 0 Å². The number of aryl methyl sites for hydroxylation is 1. The molecular formula is C31H37N3O6S. The van der Waals surface area contributed by atoms with Gasteiger partial charge in [0.15, 0.2) is 11.5 Å². The maximum Gasteiger partial charge on any atom is 0.244 e. The van der Waals surface area contributed by atoms with Crippen molar-refractivity contribution in [1.82, 2.24) is 10.2 Å². The number of carbonyl (C=O) groups excluding carboxylic acids is 2. The highest BCUT2D eigenvalue weighted by Crippen LogP contribution is 2.36. The predicted octanol–water partition coefficient (Wildman–Crippen LogP) is 4.05. The molecule has 0 spiro atoms. The maximum absolute atomic E-state index is 14.1. The number of nitrogens with one attached hydrogen (secondary N) is 1. The third-order valence-corrected chi connectivity index (χ3v) is 8.00. The fourth-order valence-electron chi connectivity index (χ4n) is 4.72. The molecule has 4 rings (SSSR count). The molecule has 0 saturated carbocycles. The Hall–Kier alpha value is -4.05. The summed E-state index contributed by atoms with van der Waals surface area (Å²) < 4.78 is 37.8. The smallest absolute Gasteiger partial charge is 0.244 e. The van der Waals surface area contributed by atoms with Crippen LogP contribution in [0.1, 0.15) is 36.5 Å². The van der Waals surface area contributed by atoms with Gasteiger partial charge in [-0.15, -0.1) is 0 Å². The largest absolute Gasteiger partial charge is 0.454 e. The van der Waals surface area contributed by atoms with Gasteiger partial charge in [-0.2, -0.15) is 0 Å². The summed E-state index contributed by atoms with van der Waals surface area (Å²) in [4.78, 5) is 29.3. The lowest BCUT2D eigenvalue weighted by Crippen LogP contribution is -2.53. The van der Waals surface area contributed by atoms with Crippen LogP contribution >= 0.6 is 0 Å². The van der Waals surface area contributed by atoms with Crippen LogP contribution in [0.2, 0.25) is 0 Å². The highest BCUT2D eigenvalue weighted by Gasteiger charge is 2.33. The molecule has 0 radical (unpaired) electrons. The Labute approximate surface area is 242 Å². The number of fused-ring (bicyclic) bond motifs is 1. The quantitative estimate of drug-likeness (QED) is 0.307. The molecule has 1 aliphatic rings. The van der Waals surface area contributed by atoms with Gasteiger partial charge < -0.3 is 19.7 Å². The number of rotatable bonds is 13. The van der Waals surface area contributed by atoms with Gasteiger partial charge in [0, 0.05) is 25.6 Å². The molecule has 1 atom stereocenters. The van der Waals surface area contributed by atoms with Gasteiger partial charge in [-0.05, 0) is 36.6 Å². The molecule has 1 unspecified atom stereocenters. The second-order valence-corrected chi connectivity index (χ2v) is 12.1. The van der Waals surface area contributed by atoms with Crippen molar-refractivity contribution >= 4 is 27.5 Å². The first-order chi connectivity index (χ1) is 19.7. The molecule has 1 N–H and O–H groups in total. The first-order valence-corrected chi connectivity index (χ1v) is 15.5. The number of amides is 2. The van der Waals surface area contributed by atoms with Crippen molar-refractivity contribution < 1.29 is 27.5 Å². The Bertz CT molecular complexity index is 1460. The summed E-state index contributed by atoms with van der Waals surface area (Å²) >= 11 is 0. The molecular weight excluding hydrogens is 542 g/mol. The topological polar surface area (TPSA) is 105 Å². The molecule has 10 heteroatoms. The zero-order chi connectivity index (χ0) is 29.4. The van der Waals surface area contributed by atoms with E-state index in [0.29, 0.717) is 18.0 Å². The average molecular weight is 580 g/mol. The summed E-state index contributed by atoms with van der Waals surface area (Å²) in [7, 11) is -3.88. The number of unbranched alkanes of at least 4 members (excludes halogenated alkanes) is 1. The van der Waals surface area contributed by atoms with Crippen LogP contribution in [0.5, 0.6) is 11.5 Å². The average Bonchev–Trinajstić information content (AvgIpc) is 3.41. The van der Waals surface area contributed by atoms with Crippen LogP contribution in [0.25, 0.3) is 0 Å². The first-order valence-electron chi connectivity index (χ1n) is 13.7. The van der Waals surface area contributed by atoms with E-state index in [-0.39, 0.29) is 31.4 Å². The van der Waals surface area contributed by atoms with E-state index in [4.69, 9.17) is 9.47 Å². The molecule has 1 aliphatic heterocycles. The monoisotopic (exact) mass is 579 g/mol. The number of benzene rings is 3. The SMILES string of the molecule is CCCCNC(=O)C(Cc1ccccc1)N(Cc1cccc(C)c1)C(=O)CN(c1ccc2c(c1)OCO2)S(C)(=O)=O. The molecule has 0 aromatic heterocycles. The summed E-state index contributed by atoms with van der Waals surface area (Å²) in [5.74, 6) is 0.122. The van der Waals surface area contributed by atoms with E-state index in [1.54, 1.807) is 18.2 Å². The van der Waals surface area contributed by atoms with Crippen LogP contribution in [-0.2, 0) is 32.6 Å². The van der Waals surface area contributed by atoms with Crippen LogP contribution < -0.4 is 19.1 Å². The molecule has 1 heterocycles. The van der Waals surface area contributed by atoms with Gasteiger partial charge in [0.2, 0.25) is 28.6 Å². The van der Waals surface area contributed by atoms with Crippen LogP contribution in [0.15, 0.2) is 72.8 Å². The van der Waals surface area contributed by atoms with Gasteiger partial charge in [0.05, 0.1) is 11.9 Å². The van der Waals surface area contributed by atoms with Crippen molar-refractivity contribution in [1.29, 1.82) is 0 Å². The van der Waals surface area contributed by atoms with Gasteiger partial charge >= 0.3 is 0 Å². The van der Waals surface area contributed by atoms with Gasteiger partial charge in [-0.3, -0.25) is 13.9 Å². The van der Waals surface area contributed by atoms with E-state index in [0.717, 1.165) is 40.1 Å².